The number of nitrogens with zero attached hydrogens (tertiary/aromatic N) is 2. The molecule has 0 bridgehead atoms. The first-order chi connectivity index (χ1) is 8.19. The van der Waals surface area contributed by atoms with Crippen LogP contribution in [-0.2, 0) is 22.9 Å². The molecular formula is C12H23N3O2. The molecule has 5 nitrogen and oxygen atoms in total. The second kappa shape index (κ2) is 7.42. The molecule has 1 aromatic heterocycles. The molecule has 0 amide bonds. The maximum atomic E-state index is 6.08. The van der Waals surface area contributed by atoms with Crippen LogP contribution in [0.25, 0.3) is 0 Å². The Morgan fingerprint density at radius 2 is 2.00 bits per heavy atom. The van der Waals surface area contributed by atoms with Crippen molar-refractivity contribution in [2.24, 2.45) is 12.8 Å². The summed E-state index contributed by atoms with van der Waals surface area (Å²) in [5.74, 6) is 0. The summed E-state index contributed by atoms with van der Waals surface area (Å²) in [7, 11) is 1.93. The highest BCUT2D eigenvalue weighted by molar-refractivity contribution is 5.00. The van der Waals surface area contributed by atoms with Crippen LogP contribution in [0.2, 0.25) is 0 Å². The molecule has 0 saturated heterocycles. The minimum absolute atomic E-state index is 0.107. The van der Waals surface area contributed by atoms with Gasteiger partial charge in [0.25, 0.3) is 0 Å². The van der Waals surface area contributed by atoms with E-state index < -0.39 is 0 Å². The Morgan fingerprint density at radius 1 is 1.35 bits per heavy atom. The zero-order valence-electron chi connectivity index (χ0n) is 10.9. The van der Waals surface area contributed by atoms with Crippen LogP contribution in [0.5, 0.6) is 0 Å². The maximum Gasteiger partial charge on any atom is 0.172 e. The maximum absolute atomic E-state index is 6.08. The van der Waals surface area contributed by atoms with Crippen LogP contribution in [0, 0.1) is 0 Å². The fraction of sp³-hybridized carbons (Fsp3) is 0.750. The molecule has 0 radical (unpaired) electrons. The van der Waals surface area contributed by atoms with E-state index in [1.54, 1.807) is 6.20 Å². The lowest BCUT2D eigenvalue weighted by Crippen LogP contribution is -2.39. The third-order valence-electron chi connectivity index (χ3n) is 2.67. The number of ether oxygens (including phenoxy) is 2. The molecule has 0 aliphatic heterocycles. The molecule has 1 heterocycles. The minimum Gasteiger partial charge on any atom is -0.351 e. The van der Waals surface area contributed by atoms with Crippen LogP contribution in [0.15, 0.2) is 12.3 Å². The molecule has 0 aromatic carbocycles. The molecule has 1 unspecified atom stereocenters. The Hall–Kier alpha value is -0.910. The van der Waals surface area contributed by atoms with Gasteiger partial charge in [0.05, 0.1) is 6.04 Å². The molecule has 1 aromatic rings. The SMILES string of the molecule is CCOC(OCC)C(N)CCc1ccnn1C. The van der Waals surface area contributed by atoms with Crippen molar-refractivity contribution < 1.29 is 9.47 Å². The van der Waals surface area contributed by atoms with Crippen molar-refractivity contribution in [2.45, 2.75) is 39.0 Å². The van der Waals surface area contributed by atoms with Gasteiger partial charge in [0.1, 0.15) is 0 Å². The average Bonchev–Trinajstić information content (AvgIpc) is 2.71. The molecule has 0 spiro atoms. The lowest BCUT2D eigenvalue weighted by Gasteiger charge is -2.23. The molecule has 98 valence electrons. The average molecular weight is 241 g/mol. The summed E-state index contributed by atoms with van der Waals surface area (Å²) in [6, 6.07) is 1.90. The Labute approximate surface area is 103 Å². The second-order valence-corrected chi connectivity index (χ2v) is 3.93. The lowest BCUT2D eigenvalue weighted by atomic mass is 10.1. The van der Waals surface area contributed by atoms with Gasteiger partial charge in [-0.3, -0.25) is 4.68 Å². The van der Waals surface area contributed by atoms with E-state index in [9.17, 15) is 0 Å². The quantitative estimate of drug-likeness (QED) is 0.692. The van der Waals surface area contributed by atoms with Gasteiger partial charge < -0.3 is 15.2 Å². The molecule has 5 heteroatoms. The Balaban J connectivity index is 2.41. The van der Waals surface area contributed by atoms with Crippen molar-refractivity contribution in [2.75, 3.05) is 13.2 Å². The highest BCUT2D eigenvalue weighted by Gasteiger charge is 2.18. The van der Waals surface area contributed by atoms with E-state index in [0.29, 0.717) is 13.2 Å². The van der Waals surface area contributed by atoms with Gasteiger partial charge in [0.15, 0.2) is 6.29 Å². The van der Waals surface area contributed by atoms with E-state index in [2.05, 4.69) is 5.10 Å². The summed E-state index contributed by atoms with van der Waals surface area (Å²) >= 11 is 0. The van der Waals surface area contributed by atoms with E-state index in [-0.39, 0.29) is 12.3 Å². The molecule has 0 aliphatic carbocycles. The van der Waals surface area contributed by atoms with E-state index in [4.69, 9.17) is 15.2 Å². The predicted molar refractivity (Wildman–Crippen MR) is 66.5 cm³/mol. The van der Waals surface area contributed by atoms with Gasteiger partial charge in [0.2, 0.25) is 0 Å². The van der Waals surface area contributed by atoms with Crippen molar-refractivity contribution in [3.63, 3.8) is 0 Å². The summed E-state index contributed by atoms with van der Waals surface area (Å²) < 4.78 is 12.8. The summed E-state index contributed by atoms with van der Waals surface area (Å²) in [6.07, 6.45) is 3.19. The van der Waals surface area contributed by atoms with Crippen molar-refractivity contribution in [3.05, 3.63) is 18.0 Å². The smallest absolute Gasteiger partial charge is 0.172 e. The molecular weight excluding hydrogens is 218 g/mol. The molecule has 1 rings (SSSR count). The van der Waals surface area contributed by atoms with Crippen LogP contribution in [0.3, 0.4) is 0 Å². The summed E-state index contributed by atoms with van der Waals surface area (Å²) in [5, 5.41) is 4.13. The number of rotatable bonds is 8. The largest absolute Gasteiger partial charge is 0.351 e. The third kappa shape index (κ3) is 4.46. The van der Waals surface area contributed by atoms with Gasteiger partial charge in [-0.15, -0.1) is 0 Å². The monoisotopic (exact) mass is 241 g/mol. The van der Waals surface area contributed by atoms with Crippen molar-refractivity contribution in [1.82, 2.24) is 9.78 Å². The van der Waals surface area contributed by atoms with Gasteiger partial charge in [-0.1, -0.05) is 0 Å². The Bertz CT molecular complexity index is 308. The highest BCUT2D eigenvalue weighted by atomic mass is 16.7. The van der Waals surface area contributed by atoms with Crippen molar-refractivity contribution >= 4 is 0 Å². The topological polar surface area (TPSA) is 62.3 Å². The molecule has 0 saturated carbocycles. The number of nitrogens with two attached hydrogens (primary N) is 1. The minimum atomic E-state index is -0.307. The van der Waals surface area contributed by atoms with Gasteiger partial charge in [-0.25, -0.2) is 0 Å². The van der Waals surface area contributed by atoms with E-state index >= 15 is 0 Å². The van der Waals surface area contributed by atoms with Crippen LogP contribution < -0.4 is 5.73 Å². The van der Waals surface area contributed by atoms with Crippen LogP contribution in [0.1, 0.15) is 26.0 Å². The second-order valence-electron chi connectivity index (χ2n) is 3.93. The fourth-order valence-corrected chi connectivity index (χ4v) is 1.72. The standard InChI is InChI=1S/C12H23N3O2/c1-4-16-12(17-5-2)11(13)7-6-10-8-9-14-15(10)3/h8-9,11-12H,4-7,13H2,1-3H3. The molecule has 2 N–H and O–H groups in total. The lowest BCUT2D eigenvalue weighted by molar-refractivity contribution is -0.149. The summed E-state index contributed by atoms with van der Waals surface area (Å²) in [5.41, 5.74) is 7.25. The third-order valence-corrected chi connectivity index (χ3v) is 2.67. The number of aryl methyl sites for hydroxylation is 2. The van der Waals surface area contributed by atoms with Gasteiger partial charge in [-0.05, 0) is 32.8 Å². The first-order valence-electron chi connectivity index (χ1n) is 6.14. The number of aromatic nitrogens is 2. The van der Waals surface area contributed by atoms with Crippen LogP contribution in [0.4, 0.5) is 0 Å². The van der Waals surface area contributed by atoms with E-state index in [1.165, 1.54) is 5.69 Å². The van der Waals surface area contributed by atoms with Gasteiger partial charge in [-0.2, -0.15) is 5.10 Å². The van der Waals surface area contributed by atoms with E-state index in [1.807, 2.05) is 31.6 Å². The summed E-state index contributed by atoms with van der Waals surface area (Å²) in [4.78, 5) is 0. The predicted octanol–water partition coefficient (Wildman–Crippen LogP) is 1.08. The first-order valence-corrected chi connectivity index (χ1v) is 6.14. The van der Waals surface area contributed by atoms with Gasteiger partial charge in [0, 0.05) is 32.2 Å². The van der Waals surface area contributed by atoms with Crippen molar-refractivity contribution in [1.29, 1.82) is 0 Å². The first kappa shape index (κ1) is 14.2. The fourth-order valence-electron chi connectivity index (χ4n) is 1.72. The molecule has 0 fully saturated rings. The zero-order chi connectivity index (χ0) is 12.7. The van der Waals surface area contributed by atoms with Crippen molar-refractivity contribution in [3.8, 4) is 0 Å². The van der Waals surface area contributed by atoms with Crippen LogP contribution in [-0.4, -0.2) is 35.3 Å². The van der Waals surface area contributed by atoms with Crippen LogP contribution >= 0.6 is 0 Å². The Kier molecular flexibility index (Phi) is 6.18. The zero-order valence-corrected chi connectivity index (χ0v) is 10.9. The Morgan fingerprint density at radius 3 is 2.47 bits per heavy atom. The normalized spacial score (nSPS) is 13.2. The molecule has 1 atom stereocenters. The van der Waals surface area contributed by atoms with Gasteiger partial charge >= 0.3 is 0 Å². The van der Waals surface area contributed by atoms with E-state index in [0.717, 1.165) is 12.8 Å². The summed E-state index contributed by atoms with van der Waals surface area (Å²) in [6.45, 7) is 5.12. The molecule has 0 aliphatic rings. The number of hydrogen-bond acceptors (Lipinski definition) is 4. The number of hydrogen-bond donors (Lipinski definition) is 1. The molecule has 17 heavy (non-hydrogen) atoms. The highest BCUT2D eigenvalue weighted by Crippen LogP contribution is 2.08.